The highest BCUT2D eigenvalue weighted by atomic mass is 32.2. The van der Waals surface area contributed by atoms with Gasteiger partial charge in [0.2, 0.25) is 0 Å². The smallest absolute Gasteiger partial charge is 0.264 e. The number of hydrogen-bond acceptors (Lipinski definition) is 4. The van der Waals surface area contributed by atoms with Gasteiger partial charge in [-0.3, -0.25) is 4.79 Å². The number of phenols is 1. The third-order valence-electron chi connectivity index (χ3n) is 2.90. The second kappa shape index (κ2) is 6.03. The molecular weight excluding hydrogens is 303 g/mol. The van der Waals surface area contributed by atoms with Crippen molar-refractivity contribution in [1.82, 2.24) is 5.32 Å². The van der Waals surface area contributed by atoms with Gasteiger partial charge in [-0.05, 0) is 59.8 Å². The van der Waals surface area contributed by atoms with Crippen molar-refractivity contribution >= 4 is 34.6 Å². The van der Waals surface area contributed by atoms with E-state index in [9.17, 15) is 14.3 Å². The van der Waals surface area contributed by atoms with Gasteiger partial charge in [0.05, 0.1) is 10.6 Å². The maximum atomic E-state index is 12.8. The number of carbonyl (C=O) groups is 1. The zero-order valence-electron chi connectivity index (χ0n) is 11.3. The van der Waals surface area contributed by atoms with Crippen molar-refractivity contribution in [2.24, 2.45) is 4.99 Å². The summed E-state index contributed by atoms with van der Waals surface area (Å²) in [4.78, 5) is 16.7. The Morgan fingerprint density at radius 3 is 2.45 bits per heavy atom. The molecule has 1 heterocycles. The van der Waals surface area contributed by atoms with E-state index in [2.05, 4.69) is 10.3 Å². The normalized spacial score (nSPS) is 18.0. The van der Waals surface area contributed by atoms with Crippen LogP contribution in [0.25, 0.3) is 6.08 Å². The molecule has 0 atom stereocenters. The molecule has 4 nitrogen and oxygen atoms in total. The molecule has 1 saturated heterocycles. The first kappa shape index (κ1) is 14.3. The summed E-state index contributed by atoms with van der Waals surface area (Å²) in [6.45, 7) is 0. The molecule has 1 fully saturated rings. The molecule has 1 aliphatic heterocycles. The Bertz CT molecular complexity index is 768. The van der Waals surface area contributed by atoms with Crippen LogP contribution >= 0.6 is 11.8 Å². The zero-order chi connectivity index (χ0) is 15.5. The lowest BCUT2D eigenvalue weighted by atomic mass is 10.2. The highest BCUT2D eigenvalue weighted by molar-refractivity contribution is 8.18. The highest BCUT2D eigenvalue weighted by Gasteiger charge is 2.23. The minimum absolute atomic E-state index is 0.171. The average molecular weight is 314 g/mol. The first-order valence-electron chi connectivity index (χ1n) is 6.44. The predicted molar refractivity (Wildman–Crippen MR) is 85.3 cm³/mol. The van der Waals surface area contributed by atoms with Crippen LogP contribution < -0.4 is 5.32 Å². The maximum absolute atomic E-state index is 12.8. The summed E-state index contributed by atoms with van der Waals surface area (Å²) in [7, 11) is 0. The second-order valence-corrected chi connectivity index (χ2v) is 5.58. The molecule has 110 valence electrons. The summed E-state index contributed by atoms with van der Waals surface area (Å²) in [6, 6.07) is 12.2. The van der Waals surface area contributed by atoms with Gasteiger partial charge in [-0.1, -0.05) is 12.1 Å². The Kier molecular flexibility index (Phi) is 3.93. The fourth-order valence-corrected chi connectivity index (χ4v) is 2.68. The van der Waals surface area contributed by atoms with Crippen molar-refractivity contribution in [3.63, 3.8) is 0 Å². The first-order chi connectivity index (χ1) is 10.6. The van der Waals surface area contributed by atoms with Crippen LogP contribution in [0.5, 0.6) is 5.75 Å². The third kappa shape index (κ3) is 3.35. The molecule has 2 aromatic rings. The Hall–Kier alpha value is -2.60. The standard InChI is InChI=1S/C16H11FN2O2S/c17-11-3-5-12(6-4-11)18-16-19-15(21)14(22-16)9-10-1-7-13(20)8-2-10/h1-9,20H,(H,18,19,21). The molecule has 0 unspecified atom stereocenters. The predicted octanol–water partition coefficient (Wildman–Crippen LogP) is 3.42. The fourth-order valence-electron chi connectivity index (χ4n) is 1.84. The highest BCUT2D eigenvalue weighted by Crippen LogP contribution is 2.28. The summed E-state index contributed by atoms with van der Waals surface area (Å²) in [5, 5.41) is 12.4. The van der Waals surface area contributed by atoms with Gasteiger partial charge in [0.1, 0.15) is 11.6 Å². The number of phenolic OH excluding ortho intramolecular Hbond substituents is 1. The van der Waals surface area contributed by atoms with E-state index >= 15 is 0 Å². The lowest BCUT2D eigenvalue weighted by Gasteiger charge is -1.96. The number of nitrogens with one attached hydrogen (secondary N) is 1. The van der Waals surface area contributed by atoms with E-state index in [0.717, 1.165) is 5.56 Å². The van der Waals surface area contributed by atoms with Crippen LogP contribution in [0.3, 0.4) is 0 Å². The number of carbonyl (C=O) groups excluding carboxylic acids is 1. The molecule has 0 aromatic heterocycles. The molecule has 3 rings (SSSR count). The average Bonchev–Trinajstić information content (AvgIpc) is 2.84. The molecule has 1 aliphatic rings. The first-order valence-corrected chi connectivity index (χ1v) is 7.26. The van der Waals surface area contributed by atoms with Crippen molar-refractivity contribution in [3.05, 3.63) is 64.8 Å². The van der Waals surface area contributed by atoms with Gasteiger partial charge in [0, 0.05) is 0 Å². The number of amides is 1. The Balaban J connectivity index is 1.80. The maximum Gasteiger partial charge on any atom is 0.264 e. The van der Waals surface area contributed by atoms with Crippen LogP contribution in [0.1, 0.15) is 5.56 Å². The van der Waals surface area contributed by atoms with Crippen molar-refractivity contribution in [1.29, 1.82) is 0 Å². The van der Waals surface area contributed by atoms with Gasteiger partial charge in [-0.2, -0.15) is 0 Å². The number of thioether (sulfide) groups is 1. The van der Waals surface area contributed by atoms with Gasteiger partial charge in [0.15, 0.2) is 5.17 Å². The molecule has 6 heteroatoms. The number of amidine groups is 1. The Morgan fingerprint density at radius 2 is 1.77 bits per heavy atom. The van der Waals surface area contributed by atoms with Gasteiger partial charge in [-0.15, -0.1) is 0 Å². The molecular formula is C16H11FN2O2S. The minimum Gasteiger partial charge on any atom is -0.508 e. The Morgan fingerprint density at radius 1 is 1.09 bits per heavy atom. The second-order valence-electron chi connectivity index (χ2n) is 4.55. The van der Waals surface area contributed by atoms with Gasteiger partial charge < -0.3 is 10.4 Å². The Labute approximate surface area is 130 Å². The van der Waals surface area contributed by atoms with Crippen LogP contribution in [0.15, 0.2) is 58.4 Å². The molecule has 0 aliphatic carbocycles. The van der Waals surface area contributed by atoms with E-state index in [1.807, 2.05) is 0 Å². The molecule has 2 aromatic carbocycles. The summed E-state index contributed by atoms with van der Waals surface area (Å²) < 4.78 is 12.8. The largest absolute Gasteiger partial charge is 0.508 e. The van der Waals surface area contributed by atoms with Gasteiger partial charge in [-0.25, -0.2) is 9.38 Å². The molecule has 0 saturated carbocycles. The topological polar surface area (TPSA) is 61.7 Å². The number of halogens is 1. The van der Waals surface area contributed by atoms with Crippen LogP contribution in [-0.4, -0.2) is 16.2 Å². The lowest BCUT2D eigenvalue weighted by molar-refractivity contribution is -0.115. The van der Waals surface area contributed by atoms with E-state index in [4.69, 9.17) is 0 Å². The number of aromatic hydroxyl groups is 1. The molecule has 22 heavy (non-hydrogen) atoms. The van der Waals surface area contributed by atoms with Crippen molar-refractivity contribution in [2.45, 2.75) is 0 Å². The van der Waals surface area contributed by atoms with Crippen molar-refractivity contribution in [2.75, 3.05) is 0 Å². The van der Waals surface area contributed by atoms with Gasteiger partial charge in [0.25, 0.3) is 5.91 Å². The van der Waals surface area contributed by atoms with E-state index in [-0.39, 0.29) is 17.5 Å². The van der Waals surface area contributed by atoms with E-state index < -0.39 is 0 Å². The van der Waals surface area contributed by atoms with Crippen molar-refractivity contribution in [3.8, 4) is 5.75 Å². The minimum atomic E-state index is -0.333. The summed E-state index contributed by atoms with van der Waals surface area (Å²) in [5.41, 5.74) is 1.37. The number of rotatable bonds is 2. The monoisotopic (exact) mass is 314 g/mol. The lowest BCUT2D eigenvalue weighted by Crippen LogP contribution is -2.19. The van der Waals surface area contributed by atoms with Crippen LogP contribution in [0, 0.1) is 5.82 Å². The molecule has 0 radical (unpaired) electrons. The van der Waals surface area contributed by atoms with Crippen molar-refractivity contribution < 1.29 is 14.3 Å². The number of benzene rings is 2. The van der Waals surface area contributed by atoms with E-state index in [0.29, 0.717) is 15.8 Å². The number of hydrogen-bond donors (Lipinski definition) is 2. The quantitative estimate of drug-likeness (QED) is 0.835. The molecule has 0 spiro atoms. The molecule has 0 bridgehead atoms. The van der Waals surface area contributed by atoms with E-state index in [1.54, 1.807) is 30.3 Å². The number of aliphatic imine (C=N–C) groups is 1. The number of nitrogens with zero attached hydrogens (tertiary/aromatic N) is 1. The van der Waals surface area contributed by atoms with Gasteiger partial charge >= 0.3 is 0 Å². The fraction of sp³-hybridized carbons (Fsp3) is 0. The molecule has 1 amide bonds. The van der Waals surface area contributed by atoms with Crippen LogP contribution in [0.2, 0.25) is 0 Å². The molecule has 2 N–H and O–H groups in total. The zero-order valence-corrected chi connectivity index (χ0v) is 12.1. The summed E-state index contributed by atoms with van der Waals surface area (Å²) in [6.07, 6.45) is 1.71. The van der Waals surface area contributed by atoms with Crippen LogP contribution in [-0.2, 0) is 4.79 Å². The SMILES string of the molecule is O=C1NC(=Nc2ccc(F)cc2)SC1=Cc1ccc(O)cc1. The third-order valence-corrected chi connectivity index (χ3v) is 3.81. The summed E-state index contributed by atoms with van der Waals surface area (Å²) >= 11 is 1.21. The van der Waals surface area contributed by atoms with E-state index in [1.165, 1.54) is 36.0 Å². The van der Waals surface area contributed by atoms with Crippen LogP contribution in [0.4, 0.5) is 10.1 Å². The summed E-state index contributed by atoms with van der Waals surface area (Å²) in [5.74, 6) is -0.400.